The van der Waals surface area contributed by atoms with Crippen molar-refractivity contribution in [1.29, 1.82) is 0 Å². The molecule has 0 unspecified atom stereocenters. The van der Waals surface area contributed by atoms with Gasteiger partial charge in [-0.3, -0.25) is 0 Å². The number of ether oxygens (including phenoxy) is 2. The highest BCUT2D eigenvalue weighted by atomic mass is 16.6. The monoisotopic (exact) mass is 578 g/mol. The lowest BCUT2D eigenvalue weighted by atomic mass is 10.2. The number of anilines is 1. The van der Waals surface area contributed by atoms with Crippen LogP contribution in [-0.2, 0) is 4.74 Å². The van der Waals surface area contributed by atoms with E-state index in [0.717, 1.165) is 28.5 Å². The molecule has 2 aliphatic rings. The van der Waals surface area contributed by atoms with Gasteiger partial charge >= 0.3 is 6.09 Å². The summed E-state index contributed by atoms with van der Waals surface area (Å²) in [6.07, 6.45) is 5.33. The van der Waals surface area contributed by atoms with Gasteiger partial charge in [-0.05, 0) is 45.1 Å². The Morgan fingerprint density at radius 3 is 2.31 bits per heavy atom. The molecule has 3 aromatic heterocycles. The van der Waals surface area contributed by atoms with Crippen LogP contribution in [0.4, 0.5) is 10.5 Å². The van der Waals surface area contributed by atoms with Crippen molar-refractivity contribution in [2.24, 2.45) is 0 Å². The molecule has 5 rings (SSSR count). The van der Waals surface area contributed by atoms with Gasteiger partial charge in [0.2, 0.25) is 11.5 Å². The summed E-state index contributed by atoms with van der Waals surface area (Å²) < 4.78 is 13.1. The third kappa shape index (κ3) is 6.83. The van der Waals surface area contributed by atoms with Crippen LogP contribution < -0.4 is 20.2 Å². The van der Waals surface area contributed by atoms with Gasteiger partial charge in [0.15, 0.2) is 5.75 Å². The van der Waals surface area contributed by atoms with Gasteiger partial charge in [0.05, 0.1) is 23.8 Å². The van der Waals surface area contributed by atoms with Crippen LogP contribution >= 0.6 is 0 Å². The van der Waals surface area contributed by atoms with Gasteiger partial charge in [0, 0.05) is 33.2 Å². The second kappa shape index (κ2) is 14.2. The Kier molecular flexibility index (Phi) is 10.9. The van der Waals surface area contributed by atoms with Crippen LogP contribution in [0.25, 0.3) is 28.9 Å². The molecule has 0 saturated carbocycles. The van der Waals surface area contributed by atoms with Gasteiger partial charge in [-0.1, -0.05) is 46.4 Å². The van der Waals surface area contributed by atoms with Gasteiger partial charge in [-0.2, -0.15) is 9.61 Å². The number of rotatable bonds is 3. The Balaban J connectivity index is 0.00000116. The molecule has 42 heavy (non-hydrogen) atoms. The van der Waals surface area contributed by atoms with Crippen molar-refractivity contribution in [3.63, 3.8) is 0 Å². The number of piperazine rings is 1. The van der Waals surface area contributed by atoms with Crippen LogP contribution in [0.3, 0.4) is 0 Å². The summed E-state index contributed by atoms with van der Waals surface area (Å²) in [6.45, 7) is 23.4. The first kappa shape index (κ1) is 32.4. The SMILES string of the molecule is C=C/C(=c1/nc(-c2nnc3c4c(cnn23)N(C)CCO4)cc/c1=C/C)N1CCN(C(=O)OC(C)(C)C)CC1.CC.CC. The summed E-state index contributed by atoms with van der Waals surface area (Å²) in [5, 5.41) is 15.2. The molecule has 2 aliphatic heterocycles. The highest BCUT2D eigenvalue weighted by Gasteiger charge is 2.27. The van der Waals surface area contributed by atoms with E-state index in [4.69, 9.17) is 14.5 Å². The normalized spacial score (nSPS) is 15.9. The maximum atomic E-state index is 12.5. The van der Waals surface area contributed by atoms with Crippen molar-refractivity contribution in [3.05, 3.63) is 41.6 Å². The van der Waals surface area contributed by atoms with Crippen molar-refractivity contribution in [3.8, 4) is 17.3 Å². The molecule has 0 aromatic carbocycles. The third-order valence-electron chi connectivity index (χ3n) is 6.63. The molecule has 0 spiro atoms. The number of nitrogens with zero attached hydrogens (tertiary/aromatic N) is 8. The molecule has 11 nitrogen and oxygen atoms in total. The molecular weight excluding hydrogens is 532 g/mol. The summed E-state index contributed by atoms with van der Waals surface area (Å²) in [4.78, 5) is 23.6. The molecule has 0 N–H and O–H groups in total. The second-order valence-corrected chi connectivity index (χ2v) is 10.4. The molecule has 1 amide bonds. The Hall–Kier alpha value is -4.15. The largest absolute Gasteiger partial charge is 0.486 e. The second-order valence-electron chi connectivity index (χ2n) is 10.4. The predicted molar refractivity (Wildman–Crippen MR) is 168 cm³/mol. The number of pyridine rings is 1. The molecule has 0 atom stereocenters. The molecule has 228 valence electrons. The number of fused-ring (bicyclic) bond motifs is 3. The zero-order chi connectivity index (χ0) is 31.0. The van der Waals surface area contributed by atoms with E-state index in [2.05, 4.69) is 31.7 Å². The molecule has 3 aromatic rings. The van der Waals surface area contributed by atoms with Crippen LogP contribution in [0, 0.1) is 0 Å². The van der Waals surface area contributed by atoms with E-state index in [0.29, 0.717) is 55.7 Å². The summed E-state index contributed by atoms with van der Waals surface area (Å²) in [6, 6.07) is 3.94. The van der Waals surface area contributed by atoms with Gasteiger partial charge in [-0.15, -0.1) is 10.2 Å². The smallest absolute Gasteiger partial charge is 0.410 e. The van der Waals surface area contributed by atoms with Crippen LogP contribution in [0.5, 0.6) is 5.75 Å². The van der Waals surface area contributed by atoms with Crippen LogP contribution in [0.2, 0.25) is 0 Å². The molecule has 0 bridgehead atoms. The maximum absolute atomic E-state index is 12.5. The highest BCUT2D eigenvalue weighted by molar-refractivity contribution is 5.72. The molecule has 1 fully saturated rings. The average Bonchev–Trinajstić information content (AvgIpc) is 3.44. The quantitative estimate of drug-likeness (QED) is 0.460. The Morgan fingerprint density at radius 1 is 1.02 bits per heavy atom. The van der Waals surface area contributed by atoms with Crippen molar-refractivity contribution in [2.75, 3.05) is 51.3 Å². The Morgan fingerprint density at radius 2 is 1.69 bits per heavy atom. The van der Waals surface area contributed by atoms with E-state index in [1.165, 1.54) is 0 Å². The minimum absolute atomic E-state index is 0.288. The van der Waals surface area contributed by atoms with Gasteiger partial charge < -0.3 is 24.2 Å². The number of amides is 1. The fourth-order valence-electron chi connectivity index (χ4n) is 4.66. The molecule has 5 heterocycles. The van der Waals surface area contributed by atoms with Gasteiger partial charge in [-0.25, -0.2) is 9.78 Å². The van der Waals surface area contributed by atoms with Crippen LogP contribution in [0.1, 0.15) is 55.4 Å². The summed E-state index contributed by atoms with van der Waals surface area (Å²) >= 11 is 0. The lowest BCUT2D eigenvalue weighted by molar-refractivity contribution is 0.0182. The topological polar surface area (TPSA) is 101 Å². The molecular formula is C31H46N8O3. The number of likely N-dealkylation sites (N-methyl/N-ethyl adjacent to an activating group) is 1. The number of carbonyl (C=O) groups is 1. The zero-order valence-corrected chi connectivity index (χ0v) is 26.6. The van der Waals surface area contributed by atoms with E-state index in [1.807, 2.05) is 86.7 Å². The summed E-state index contributed by atoms with van der Waals surface area (Å²) in [5.74, 6) is 1.20. The van der Waals surface area contributed by atoms with Crippen LogP contribution in [-0.4, -0.2) is 92.7 Å². The first-order valence-corrected chi connectivity index (χ1v) is 14.8. The fraction of sp³-hybridized carbons (Fsp3) is 0.516. The molecule has 0 aliphatic carbocycles. The summed E-state index contributed by atoms with van der Waals surface area (Å²) in [5.41, 5.74) is 2.46. The van der Waals surface area contributed by atoms with E-state index < -0.39 is 5.60 Å². The molecule has 11 heteroatoms. The van der Waals surface area contributed by atoms with Crippen molar-refractivity contribution < 1.29 is 14.3 Å². The zero-order valence-electron chi connectivity index (χ0n) is 26.6. The Bertz CT molecular complexity index is 1500. The van der Waals surface area contributed by atoms with Gasteiger partial charge in [0.1, 0.15) is 23.6 Å². The predicted octanol–water partition coefficient (Wildman–Crippen LogP) is 3.71. The minimum Gasteiger partial charge on any atom is -0.486 e. The van der Waals surface area contributed by atoms with E-state index in [1.54, 1.807) is 15.6 Å². The molecule has 1 saturated heterocycles. The average molecular weight is 579 g/mol. The first-order valence-electron chi connectivity index (χ1n) is 14.8. The number of carbonyl (C=O) groups excluding carboxylic acids is 1. The van der Waals surface area contributed by atoms with E-state index in [-0.39, 0.29) is 6.09 Å². The fourth-order valence-corrected chi connectivity index (χ4v) is 4.66. The third-order valence-corrected chi connectivity index (χ3v) is 6.63. The minimum atomic E-state index is -0.523. The number of aromatic nitrogens is 5. The standard InChI is InChI=1S/C27H34N8O3.2C2H6/c1-7-18-9-10-19(24-30-31-25-23-21(17-28-35(24)25)32(6)15-16-37-23)29-22(18)20(8-2)33-11-13-34(14-12-33)26(36)38-27(3,4)5;2*1-2/h7-10,17H,2,11-16H2,1,3-6H3;2*1-2H3/b18-7-,22-20-;;. The lowest BCUT2D eigenvalue weighted by Gasteiger charge is -2.37. The summed E-state index contributed by atoms with van der Waals surface area (Å²) in [7, 11) is 2.00. The van der Waals surface area contributed by atoms with E-state index in [9.17, 15) is 4.79 Å². The lowest BCUT2D eigenvalue weighted by Crippen LogP contribution is -2.50. The maximum Gasteiger partial charge on any atom is 0.410 e. The van der Waals surface area contributed by atoms with E-state index >= 15 is 0 Å². The number of hydrogen-bond donors (Lipinski definition) is 0. The van der Waals surface area contributed by atoms with Gasteiger partial charge in [0.25, 0.3) is 0 Å². The van der Waals surface area contributed by atoms with Crippen molar-refractivity contribution >= 4 is 29.2 Å². The Labute approximate surface area is 249 Å². The molecule has 0 radical (unpaired) electrons. The van der Waals surface area contributed by atoms with Crippen LogP contribution in [0.15, 0.2) is 31.0 Å². The van der Waals surface area contributed by atoms with Crippen molar-refractivity contribution in [1.82, 2.24) is 34.6 Å². The number of hydrogen-bond acceptors (Lipinski definition) is 9. The highest BCUT2D eigenvalue weighted by Crippen LogP contribution is 2.33. The first-order chi connectivity index (χ1) is 20.2. The van der Waals surface area contributed by atoms with Crippen molar-refractivity contribution in [2.45, 2.75) is 61.0 Å².